The largest absolute Gasteiger partial charge is 0.456 e. The van der Waals surface area contributed by atoms with Crippen molar-refractivity contribution in [2.75, 3.05) is 4.90 Å². The van der Waals surface area contributed by atoms with Crippen molar-refractivity contribution in [1.29, 1.82) is 0 Å². The number of benzene rings is 8. The van der Waals surface area contributed by atoms with Crippen molar-refractivity contribution < 1.29 is 4.42 Å². The molecular weight excluding hydrogens is 727 g/mol. The Balaban J connectivity index is 1.07. The molecular formula is C58H45NO. The lowest BCUT2D eigenvalue weighted by molar-refractivity contribution is -0.0399. The van der Waals surface area contributed by atoms with E-state index in [0.717, 1.165) is 45.1 Å². The molecule has 14 rings (SSSR count). The Morgan fingerprint density at radius 1 is 0.400 bits per heavy atom. The first kappa shape index (κ1) is 34.2. The number of hydrogen-bond acceptors (Lipinski definition) is 2. The molecule has 0 N–H and O–H groups in total. The zero-order chi connectivity index (χ0) is 39.4. The zero-order valence-electron chi connectivity index (χ0n) is 33.6. The maximum Gasteiger partial charge on any atom is 0.137 e. The molecule has 4 bridgehead atoms. The van der Waals surface area contributed by atoms with Gasteiger partial charge in [0.15, 0.2) is 0 Å². The number of anilines is 3. The van der Waals surface area contributed by atoms with Gasteiger partial charge in [-0.2, -0.15) is 0 Å². The highest BCUT2D eigenvalue weighted by atomic mass is 16.3. The average molecular weight is 772 g/mol. The van der Waals surface area contributed by atoms with E-state index < -0.39 is 0 Å². The van der Waals surface area contributed by atoms with Crippen LogP contribution in [0.15, 0.2) is 192 Å². The van der Waals surface area contributed by atoms with Gasteiger partial charge in [0.2, 0.25) is 0 Å². The van der Waals surface area contributed by atoms with Crippen molar-refractivity contribution in [3.63, 3.8) is 0 Å². The van der Waals surface area contributed by atoms with Gasteiger partial charge in [-0.15, -0.1) is 0 Å². The number of fused-ring (bicyclic) bond motifs is 6. The Morgan fingerprint density at radius 2 is 0.950 bits per heavy atom. The molecule has 2 nitrogen and oxygen atoms in total. The summed E-state index contributed by atoms with van der Waals surface area (Å²) < 4.78 is 6.61. The van der Waals surface area contributed by atoms with Crippen LogP contribution in [0.2, 0.25) is 0 Å². The summed E-state index contributed by atoms with van der Waals surface area (Å²) in [7, 11) is 0. The first-order valence-corrected chi connectivity index (χ1v) is 22.0. The lowest BCUT2D eigenvalue weighted by Gasteiger charge is -2.61. The first-order valence-electron chi connectivity index (χ1n) is 22.0. The molecule has 0 amide bonds. The fraction of sp³-hybridized carbons (Fsp3) is 0.172. The third kappa shape index (κ3) is 4.88. The Kier molecular flexibility index (Phi) is 7.52. The van der Waals surface area contributed by atoms with Gasteiger partial charge in [0, 0.05) is 22.1 Å². The molecule has 1 heterocycles. The molecule has 4 saturated carbocycles. The average Bonchev–Trinajstić information content (AvgIpc) is 3.83. The summed E-state index contributed by atoms with van der Waals surface area (Å²) in [5.74, 6) is 3.15. The van der Waals surface area contributed by atoms with Gasteiger partial charge in [-0.05, 0) is 142 Å². The summed E-state index contributed by atoms with van der Waals surface area (Å²) >= 11 is 0. The maximum atomic E-state index is 6.61. The lowest BCUT2D eigenvalue weighted by Crippen LogP contribution is -2.55. The van der Waals surface area contributed by atoms with Crippen LogP contribution in [0, 0.1) is 23.7 Å². The summed E-state index contributed by atoms with van der Waals surface area (Å²) in [5, 5.41) is 2.27. The SMILES string of the molecule is c1ccc(-c2ccccc2-c2ccccc2-c2ccccc2N(c2ccc3c(c2)C2(c4ccccc4-3)C3CC4CC(C3)CC2C4)c2cccc3oc4ccccc4c23)cc1. The van der Waals surface area contributed by atoms with E-state index in [1.165, 1.54) is 82.3 Å². The molecule has 0 aliphatic heterocycles. The van der Waals surface area contributed by atoms with Crippen LogP contribution in [0.4, 0.5) is 17.1 Å². The highest BCUT2D eigenvalue weighted by Crippen LogP contribution is 2.69. The van der Waals surface area contributed by atoms with E-state index in [9.17, 15) is 0 Å². The van der Waals surface area contributed by atoms with E-state index in [1.54, 1.807) is 11.1 Å². The zero-order valence-corrected chi connectivity index (χ0v) is 33.6. The molecule has 5 aliphatic carbocycles. The van der Waals surface area contributed by atoms with Crippen molar-refractivity contribution in [1.82, 2.24) is 0 Å². The molecule has 8 aromatic carbocycles. The third-order valence-electron chi connectivity index (χ3n) is 15.1. The van der Waals surface area contributed by atoms with Crippen LogP contribution < -0.4 is 4.90 Å². The van der Waals surface area contributed by atoms with Crippen molar-refractivity contribution in [2.45, 2.75) is 37.5 Å². The van der Waals surface area contributed by atoms with Crippen LogP contribution in [-0.4, -0.2) is 0 Å². The summed E-state index contributed by atoms with van der Waals surface area (Å²) in [4.78, 5) is 2.56. The lowest BCUT2D eigenvalue weighted by atomic mass is 9.43. The fourth-order valence-corrected chi connectivity index (χ4v) is 13.1. The molecule has 60 heavy (non-hydrogen) atoms. The van der Waals surface area contributed by atoms with E-state index in [4.69, 9.17) is 4.42 Å². The summed E-state index contributed by atoms with van der Waals surface area (Å²) in [6.07, 6.45) is 6.89. The molecule has 1 spiro atoms. The van der Waals surface area contributed by atoms with Gasteiger partial charge in [-0.1, -0.05) is 152 Å². The van der Waals surface area contributed by atoms with Gasteiger partial charge in [0.05, 0.1) is 16.8 Å². The van der Waals surface area contributed by atoms with Gasteiger partial charge in [-0.3, -0.25) is 0 Å². The topological polar surface area (TPSA) is 16.4 Å². The van der Waals surface area contributed by atoms with Crippen LogP contribution in [0.3, 0.4) is 0 Å². The molecule has 5 aliphatic rings. The highest BCUT2D eigenvalue weighted by molar-refractivity contribution is 6.14. The number of rotatable bonds is 6. The number of furan rings is 1. The Labute approximate surface area is 351 Å². The Hall–Kier alpha value is -6.64. The standard InChI is InChI=1S/C58H45NO/c1-2-15-39(16-3-1)43-17-4-5-18-44(43)45-19-6-7-20-46(45)49-22-9-12-25-53(49)59(54-26-14-28-56-57(54)50-23-10-13-27-55(50)60-56)42-29-30-48-47-21-8-11-24-51(47)58(52(48)36-42)40-32-37-31-38(34-40)35-41(58)33-37/h1-30,36-38,40-41H,31-35H2. The number of para-hydroxylation sites is 2. The number of nitrogens with zero attached hydrogens (tertiary/aromatic N) is 1. The van der Waals surface area contributed by atoms with Crippen LogP contribution in [0.25, 0.3) is 66.4 Å². The van der Waals surface area contributed by atoms with E-state index in [2.05, 4.69) is 193 Å². The molecule has 288 valence electrons. The fourth-order valence-electron chi connectivity index (χ4n) is 13.1. The minimum atomic E-state index is 0.0582. The monoisotopic (exact) mass is 771 g/mol. The van der Waals surface area contributed by atoms with Crippen LogP contribution in [0.1, 0.15) is 43.2 Å². The normalized spacial score (nSPS) is 22.1. The smallest absolute Gasteiger partial charge is 0.137 e. The second kappa shape index (κ2) is 13.2. The minimum absolute atomic E-state index is 0.0582. The summed E-state index contributed by atoms with van der Waals surface area (Å²) in [6, 6.07) is 69.8. The summed E-state index contributed by atoms with van der Waals surface area (Å²) in [6.45, 7) is 0. The van der Waals surface area contributed by atoms with Crippen LogP contribution in [0.5, 0.6) is 0 Å². The second-order valence-corrected chi connectivity index (χ2v) is 18.0. The van der Waals surface area contributed by atoms with Crippen LogP contribution in [-0.2, 0) is 5.41 Å². The molecule has 0 unspecified atom stereocenters. The predicted octanol–water partition coefficient (Wildman–Crippen LogP) is 15.8. The van der Waals surface area contributed by atoms with Crippen molar-refractivity contribution in [2.24, 2.45) is 23.7 Å². The number of hydrogen-bond donors (Lipinski definition) is 0. The van der Waals surface area contributed by atoms with Crippen molar-refractivity contribution in [3.05, 3.63) is 199 Å². The predicted molar refractivity (Wildman–Crippen MR) is 248 cm³/mol. The van der Waals surface area contributed by atoms with Gasteiger partial charge >= 0.3 is 0 Å². The van der Waals surface area contributed by atoms with Crippen molar-refractivity contribution in [3.8, 4) is 44.5 Å². The van der Waals surface area contributed by atoms with Gasteiger partial charge in [-0.25, -0.2) is 0 Å². The van der Waals surface area contributed by atoms with Crippen molar-refractivity contribution >= 4 is 39.0 Å². The molecule has 0 atom stereocenters. The summed E-state index contributed by atoms with van der Waals surface area (Å²) in [5.41, 5.74) is 18.7. The first-order chi connectivity index (χ1) is 29.7. The molecule has 1 aromatic heterocycles. The van der Waals surface area contributed by atoms with E-state index in [0.29, 0.717) is 11.8 Å². The molecule has 0 saturated heterocycles. The van der Waals surface area contributed by atoms with E-state index in [1.807, 2.05) is 0 Å². The molecule has 9 aromatic rings. The maximum absolute atomic E-state index is 6.61. The second-order valence-electron chi connectivity index (χ2n) is 18.0. The molecule has 4 fully saturated rings. The Bertz CT molecular complexity index is 3110. The third-order valence-corrected chi connectivity index (χ3v) is 15.1. The van der Waals surface area contributed by atoms with Crippen LogP contribution >= 0.6 is 0 Å². The van der Waals surface area contributed by atoms with Gasteiger partial charge in [0.1, 0.15) is 11.2 Å². The van der Waals surface area contributed by atoms with E-state index >= 15 is 0 Å². The molecule has 0 radical (unpaired) electrons. The van der Waals surface area contributed by atoms with Gasteiger partial charge < -0.3 is 9.32 Å². The highest BCUT2D eigenvalue weighted by Gasteiger charge is 2.61. The Morgan fingerprint density at radius 3 is 1.72 bits per heavy atom. The minimum Gasteiger partial charge on any atom is -0.456 e. The van der Waals surface area contributed by atoms with Gasteiger partial charge in [0.25, 0.3) is 0 Å². The quantitative estimate of drug-likeness (QED) is 0.167. The molecule has 2 heteroatoms. The van der Waals surface area contributed by atoms with E-state index in [-0.39, 0.29) is 5.41 Å².